The SMILES string of the molecule is CCCCN(C(=O)c1cc(N)ccc1C)C1CCS(=O)(=O)C1. The average molecular weight is 324 g/mol. The van der Waals surface area contributed by atoms with Crippen molar-refractivity contribution >= 4 is 21.4 Å². The molecule has 1 atom stereocenters. The van der Waals surface area contributed by atoms with Crippen molar-refractivity contribution in [1.82, 2.24) is 4.90 Å². The molecule has 5 nitrogen and oxygen atoms in total. The van der Waals surface area contributed by atoms with Gasteiger partial charge in [0.15, 0.2) is 9.84 Å². The van der Waals surface area contributed by atoms with Crippen molar-refractivity contribution in [3.63, 3.8) is 0 Å². The van der Waals surface area contributed by atoms with Crippen molar-refractivity contribution in [2.45, 2.75) is 39.2 Å². The lowest BCUT2D eigenvalue weighted by atomic mass is 10.0. The number of amides is 1. The Morgan fingerprint density at radius 2 is 2.14 bits per heavy atom. The molecule has 1 aliphatic heterocycles. The van der Waals surface area contributed by atoms with Crippen LogP contribution < -0.4 is 5.73 Å². The number of hydrogen-bond donors (Lipinski definition) is 1. The fraction of sp³-hybridized carbons (Fsp3) is 0.562. The summed E-state index contributed by atoms with van der Waals surface area (Å²) in [5.41, 5.74) is 7.77. The van der Waals surface area contributed by atoms with Crippen molar-refractivity contribution in [3.8, 4) is 0 Å². The molecule has 1 aromatic rings. The minimum Gasteiger partial charge on any atom is -0.399 e. The van der Waals surface area contributed by atoms with E-state index in [0.717, 1.165) is 18.4 Å². The van der Waals surface area contributed by atoms with Gasteiger partial charge < -0.3 is 10.6 Å². The smallest absolute Gasteiger partial charge is 0.254 e. The molecule has 1 heterocycles. The summed E-state index contributed by atoms with van der Waals surface area (Å²) < 4.78 is 23.5. The summed E-state index contributed by atoms with van der Waals surface area (Å²) in [4.78, 5) is 14.6. The highest BCUT2D eigenvalue weighted by Crippen LogP contribution is 2.23. The molecule has 22 heavy (non-hydrogen) atoms. The highest BCUT2D eigenvalue weighted by atomic mass is 32.2. The van der Waals surface area contributed by atoms with Gasteiger partial charge in [0.05, 0.1) is 11.5 Å². The first-order valence-corrected chi connectivity index (χ1v) is 9.53. The maximum Gasteiger partial charge on any atom is 0.254 e. The number of aryl methyl sites for hydroxylation is 1. The van der Waals surface area contributed by atoms with Gasteiger partial charge in [-0.25, -0.2) is 8.42 Å². The van der Waals surface area contributed by atoms with Gasteiger partial charge in [-0.1, -0.05) is 19.4 Å². The zero-order valence-corrected chi connectivity index (χ0v) is 14.0. The molecule has 0 bridgehead atoms. The molecule has 2 N–H and O–H groups in total. The molecular formula is C16H24N2O3S. The summed E-state index contributed by atoms with van der Waals surface area (Å²) in [6.45, 7) is 4.51. The summed E-state index contributed by atoms with van der Waals surface area (Å²) in [6.07, 6.45) is 2.35. The van der Waals surface area contributed by atoms with Crippen molar-refractivity contribution in [2.24, 2.45) is 0 Å². The number of hydrogen-bond acceptors (Lipinski definition) is 4. The van der Waals surface area contributed by atoms with Gasteiger partial charge in [-0.15, -0.1) is 0 Å². The number of rotatable bonds is 5. The molecule has 122 valence electrons. The van der Waals surface area contributed by atoms with Crippen LogP contribution in [-0.2, 0) is 9.84 Å². The molecule has 0 aliphatic carbocycles. The van der Waals surface area contributed by atoms with E-state index in [1.54, 1.807) is 17.0 Å². The first-order valence-electron chi connectivity index (χ1n) is 7.71. The normalized spacial score (nSPS) is 20.0. The maximum atomic E-state index is 12.9. The average Bonchev–Trinajstić information content (AvgIpc) is 2.82. The van der Waals surface area contributed by atoms with E-state index in [0.29, 0.717) is 24.2 Å². The molecule has 6 heteroatoms. The van der Waals surface area contributed by atoms with Crippen LogP contribution in [0.3, 0.4) is 0 Å². The summed E-state index contributed by atoms with van der Waals surface area (Å²) >= 11 is 0. The van der Waals surface area contributed by atoms with Gasteiger partial charge in [0.1, 0.15) is 0 Å². The number of anilines is 1. The van der Waals surface area contributed by atoms with E-state index in [2.05, 4.69) is 6.92 Å². The summed E-state index contributed by atoms with van der Waals surface area (Å²) in [5, 5.41) is 0. The van der Waals surface area contributed by atoms with E-state index in [-0.39, 0.29) is 23.5 Å². The highest BCUT2D eigenvalue weighted by Gasteiger charge is 2.35. The lowest BCUT2D eigenvalue weighted by Gasteiger charge is -2.29. The Kier molecular flexibility index (Phi) is 5.11. The lowest BCUT2D eigenvalue weighted by molar-refractivity contribution is 0.0693. The number of benzene rings is 1. The van der Waals surface area contributed by atoms with E-state index in [9.17, 15) is 13.2 Å². The Morgan fingerprint density at radius 3 is 2.73 bits per heavy atom. The minimum atomic E-state index is -3.02. The van der Waals surface area contributed by atoms with Crippen LogP contribution in [0.4, 0.5) is 5.69 Å². The Morgan fingerprint density at radius 1 is 1.41 bits per heavy atom. The maximum absolute atomic E-state index is 12.9. The van der Waals surface area contributed by atoms with Crippen LogP contribution in [0, 0.1) is 6.92 Å². The second-order valence-electron chi connectivity index (χ2n) is 5.98. The fourth-order valence-electron chi connectivity index (χ4n) is 2.82. The number of nitrogen functional groups attached to an aromatic ring is 1. The van der Waals surface area contributed by atoms with Crippen LogP contribution in [0.2, 0.25) is 0 Å². The predicted molar refractivity (Wildman–Crippen MR) is 88.6 cm³/mol. The summed E-state index contributed by atoms with van der Waals surface area (Å²) in [7, 11) is -3.02. The van der Waals surface area contributed by atoms with Crippen molar-refractivity contribution in [1.29, 1.82) is 0 Å². The van der Waals surface area contributed by atoms with Gasteiger partial charge in [-0.2, -0.15) is 0 Å². The zero-order chi connectivity index (χ0) is 16.3. The van der Waals surface area contributed by atoms with Gasteiger partial charge in [0, 0.05) is 23.8 Å². The first kappa shape index (κ1) is 16.8. The van der Waals surface area contributed by atoms with E-state index in [1.807, 2.05) is 13.0 Å². The Labute approximate surface area is 132 Å². The van der Waals surface area contributed by atoms with Crippen LogP contribution in [0.15, 0.2) is 18.2 Å². The lowest BCUT2D eigenvalue weighted by Crippen LogP contribution is -2.42. The Hall–Kier alpha value is -1.56. The van der Waals surface area contributed by atoms with Crippen LogP contribution in [-0.4, -0.2) is 43.3 Å². The molecule has 1 unspecified atom stereocenters. The quantitative estimate of drug-likeness (QED) is 0.840. The summed E-state index contributed by atoms with van der Waals surface area (Å²) in [6, 6.07) is 5.05. The first-order chi connectivity index (χ1) is 10.3. The number of carbonyl (C=O) groups is 1. The molecule has 0 saturated carbocycles. The Bertz CT molecular complexity index is 655. The molecule has 1 fully saturated rings. The van der Waals surface area contributed by atoms with Crippen molar-refractivity contribution in [3.05, 3.63) is 29.3 Å². The number of nitrogens with zero attached hydrogens (tertiary/aromatic N) is 1. The van der Waals surface area contributed by atoms with Crippen molar-refractivity contribution < 1.29 is 13.2 Å². The number of sulfone groups is 1. The fourth-order valence-corrected chi connectivity index (χ4v) is 4.56. The highest BCUT2D eigenvalue weighted by molar-refractivity contribution is 7.91. The van der Waals surface area contributed by atoms with Gasteiger partial charge in [-0.3, -0.25) is 4.79 Å². The van der Waals surface area contributed by atoms with E-state index in [1.165, 1.54) is 0 Å². The molecule has 1 amide bonds. The molecular weight excluding hydrogens is 300 g/mol. The monoisotopic (exact) mass is 324 g/mol. The van der Waals surface area contributed by atoms with E-state index >= 15 is 0 Å². The molecule has 1 aliphatic rings. The molecule has 0 spiro atoms. The Balaban J connectivity index is 2.28. The van der Waals surface area contributed by atoms with Gasteiger partial charge in [-0.05, 0) is 37.5 Å². The van der Waals surface area contributed by atoms with Gasteiger partial charge in [0.2, 0.25) is 0 Å². The zero-order valence-electron chi connectivity index (χ0n) is 13.2. The number of unbranched alkanes of at least 4 members (excludes halogenated alkanes) is 1. The molecule has 2 rings (SSSR count). The van der Waals surface area contributed by atoms with Crippen LogP contribution >= 0.6 is 0 Å². The summed E-state index contributed by atoms with van der Waals surface area (Å²) in [5.74, 6) is 0.133. The second-order valence-corrected chi connectivity index (χ2v) is 8.21. The predicted octanol–water partition coefficient (Wildman–Crippen LogP) is 2.01. The molecule has 0 radical (unpaired) electrons. The van der Waals surface area contributed by atoms with Crippen LogP contribution in [0.1, 0.15) is 42.1 Å². The largest absolute Gasteiger partial charge is 0.399 e. The van der Waals surface area contributed by atoms with Crippen molar-refractivity contribution in [2.75, 3.05) is 23.8 Å². The molecule has 0 aromatic heterocycles. The minimum absolute atomic E-state index is 0.0732. The van der Waals surface area contributed by atoms with Gasteiger partial charge in [0.25, 0.3) is 5.91 Å². The third-order valence-electron chi connectivity index (χ3n) is 4.15. The standard InChI is InChI=1S/C16H24N2O3S/c1-3-4-8-18(14-7-9-22(20,21)11-14)16(19)15-10-13(17)6-5-12(15)2/h5-6,10,14H,3-4,7-9,11,17H2,1-2H3. The van der Waals surface area contributed by atoms with Crippen LogP contribution in [0.5, 0.6) is 0 Å². The molecule has 1 aromatic carbocycles. The number of nitrogens with two attached hydrogens (primary N) is 1. The molecule has 1 saturated heterocycles. The van der Waals surface area contributed by atoms with E-state index < -0.39 is 9.84 Å². The second kappa shape index (κ2) is 6.69. The number of carbonyl (C=O) groups excluding carboxylic acids is 1. The third-order valence-corrected chi connectivity index (χ3v) is 5.90. The topological polar surface area (TPSA) is 80.5 Å². The van der Waals surface area contributed by atoms with E-state index in [4.69, 9.17) is 5.73 Å². The third kappa shape index (κ3) is 3.80. The van der Waals surface area contributed by atoms with Gasteiger partial charge >= 0.3 is 0 Å². The van der Waals surface area contributed by atoms with Crippen LogP contribution in [0.25, 0.3) is 0 Å².